The first-order valence-corrected chi connectivity index (χ1v) is 7.10. The number of nitrogens with zero attached hydrogens (tertiary/aromatic N) is 1. The summed E-state index contributed by atoms with van der Waals surface area (Å²) < 4.78 is 0. The van der Waals surface area contributed by atoms with Gasteiger partial charge in [-0.1, -0.05) is 18.2 Å². The molecule has 1 aromatic carbocycles. The number of anilines is 1. The zero-order chi connectivity index (χ0) is 13.8. The topological polar surface area (TPSA) is 46.3 Å². The van der Waals surface area contributed by atoms with Crippen LogP contribution in [-0.2, 0) is 6.42 Å². The van der Waals surface area contributed by atoms with Crippen LogP contribution >= 0.6 is 11.3 Å². The van der Waals surface area contributed by atoms with Crippen LogP contribution in [0.4, 0.5) is 5.69 Å². The summed E-state index contributed by atoms with van der Waals surface area (Å²) in [6, 6.07) is 9.67. The number of likely N-dealkylation sites (N-methyl/N-ethyl adjacent to an activating group) is 1. The second-order valence-corrected chi connectivity index (χ2v) is 5.63. The monoisotopic (exact) mass is 274 g/mol. The van der Waals surface area contributed by atoms with E-state index in [0.29, 0.717) is 17.8 Å². The Hall–Kier alpha value is -1.81. The molecule has 0 aliphatic rings. The molecular formula is C15H18N2OS. The molecule has 0 saturated carbocycles. The van der Waals surface area contributed by atoms with Gasteiger partial charge in [-0.2, -0.15) is 0 Å². The fourth-order valence-electron chi connectivity index (χ4n) is 2.01. The van der Waals surface area contributed by atoms with Gasteiger partial charge in [0, 0.05) is 24.2 Å². The molecule has 0 fully saturated rings. The highest BCUT2D eigenvalue weighted by molar-refractivity contribution is 7.09. The molecule has 4 heteroatoms. The predicted octanol–water partition coefficient (Wildman–Crippen LogP) is 2.95. The third-order valence-corrected chi connectivity index (χ3v) is 4.08. The number of thiophene rings is 1. The number of benzene rings is 1. The van der Waals surface area contributed by atoms with Crippen LogP contribution in [-0.4, -0.2) is 24.4 Å². The average molecular weight is 274 g/mol. The van der Waals surface area contributed by atoms with Crippen LogP contribution in [0.15, 0.2) is 35.7 Å². The third kappa shape index (κ3) is 3.15. The van der Waals surface area contributed by atoms with E-state index in [2.05, 4.69) is 11.4 Å². The maximum atomic E-state index is 12.4. The van der Waals surface area contributed by atoms with E-state index in [1.165, 1.54) is 4.88 Å². The summed E-state index contributed by atoms with van der Waals surface area (Å²) in [5, 5.41) is 2.05. The lowest BCUT2D eigenvalue weighted by Crippen LogP contribution is -2.30. The standard InChI is InChI=1S/C15H18N2OS/c1-11-5-3-7-13(16)14(11)15(18)17(2)9-8-12-6-4-10-19-12/h3-7,10H,8-9,16H2,1-2H3. The number of nitrogens with two attached hydrogens (primary N) is 1. The summed E-state index contributed by atoms with van der Waals surface area (Å²) in [4.78, 5) is 15.4. The van der Waals surface area contributed by atoms with Crippen molar-refractivity contribution in [3.8, 4) is 0 Å². The lowest BCUT2D eigenvalue weighted by atomic mass is 10.1. The molecule has 0 aliphatic carbocycles. The van der Waals surface area contributed by atoms with Gasteiger partial charge in [-0.3, -0.25) is 4.79 Å². The molecule has 2 aromatic rings. The van der Waals surface area contributed by atoms with Crippen molar-refractivity contribution in [1.29, 1.82) is 0 Å². The smallest absolute Gasteiger partial charge is 0.255 e. The van der Waals surface area contributed by atoms with Crippen molar-refractivity contribution in [3.63, 3.8) is 0 Å². The van der Waals surface area contributed by atoms with Gasteiger partial charge < -0.3 is 10.6 Å². The molecular weight excluding hydrogens is 256 g/mol. The Kier molecular flexibility index (Phi) is 4.22. The second-order valence-electron chi connectivity index (χ2n) is 4.60. The Morgan fingerprint density at radius 3 is 2.74 bits per heavy atom. The van der Waals surface area contributed by atoms with Crippen LogP contribution in [0.3, 0.4) is 0 Å². The lowest BCUT2D eigenvalue weighted by Gasteiger charge is -2.19. The van der Waals surface area contributed by atoms with Gasteiger partial charge >= 0.3 is 0 Å². The Balaban J connectivity index is 2.06. The summed E-state index contributed by atoms with van der Waals surface area (Å²) in [5.41, 5.74) is 8.00. The number of hydrogen-bond donors (Lipinski definition) is 1. The Bertz CT molecular complexity index is 543. The van der Waals surface area contributed by atoms with Gasteiger partial charge in [0.25, 0.3) is 5.91 Å². The molecule has 0 unspecified atom stereocenters. The molecule has 0 atom stereocenters. The summed E-state index contributed by atoms with van der Waals surface area (Å²) in [5.74, 6) is -0.00726. The molecule has 2 rings (SSSR count). The highest BCUT2D eigenvalue weighted by Crippen LogP contribution is 2.18. The van der Waals surface area contributed by atoms with Gasteiger partial charge in [-0.25, -0.2) is 0 Å². The first-order valence-electron chi connectivity index (χ1n) is 6.22. The van der Waals surface area contributed by atoms with E-state index in [4.69, 9.17) is 5.73 Å². The van der Waals surface area contributed by atoms with Crippen molar-refractivity contribution in [2.75, 3.05) is 19.3 Å². The van der Waals surface area contributed by atoms with Crippen LogP contribution < -0.4 is 5.73 Å². The molecule has 1 amide bonds. The van der Waals surface area contributed by atoms with E-state index in [9.17, 15) is 4.79 Å². The van der Waals surface area contributed by atoms with E-state index in [-0.39, 0.29) is 5.91 Å². The van der Waals surface area contributed by atoms with Gasteiger partial charge in [0.1, 0.15) is 0 Å². The van der Waals surface area contributed by atoms with E-state index < -0.39 is 0 Å². The molecule has 0 radical (unpaired) electrons. The highest BCUT2D eigenvalue weighted by atomic mass is 32.1. The van der Waals surface area contributed by atoms with E-state index in [1.807, 2.05) is 32.2 Å². The highest BCUT2D eigenvalue weighted by Gasteiger charge is 2.16. The summed E-state index contributed by atoms with van der Waals surface area (Å²) in [6.07, 6.45) is 0.881. The number of aryl methyl sites for hydroxylation is 1. The molecule has 1 heterocycles. The van der Waals surface area contributed by atoms with Gasteiger partial charge in [-0.15, -0.1) is 11.3 Å². The number of hydrogen-bond acceptors (Lipinski definition) is 3. The first-order chi connectivity index (χ1) is 9.09. The van der Waals surface area contributed by atoms with Crippen LogP contribution in [0, 0.1) is 6.92 Å². The van der Waals surface area contributed by atoms with E-state index in [1.54, 1.807) is 22.3 Å². The SMILES string of the molecule is Cc1cccc(N)c1C(=O)N(C)CCc1cccs1. The van der Waals surface area contributed by atoms with Gasteiger partial charge in [-0.05, 0) is 36.4 Å². The summed E-state index contributed by atoms with van der Waals surface area (Å²) in [7, 11) is 1.82. The van der Waals surface area contributed by atoms with Gasteiger partial charge in [0.05, 0.1) is 5.56 Å². The number of nitrogen functional groups attached to an aromatic ring is 1. The maximum Gasteiger partial charge on any atom is 0.255 e. The molecule has 19 heavy (non-hydrogen) atoms. The fraction of sp³-hybridized carbons (Fsp3) is 0.267. The Morgan fingerprint density at radius 1 is 1.32 bits per heavy atom. The zero-order valence-corrected chi connectivity index (χ0v) is 12.0. The van der Waals surface area contributed by atoms with Crippen LogP contribution in [0.25, 0.3) is 0 Å². The fourth-order valence-corrected chi connectivity index (χ4v) is 2.71. The Labute approximate surface area is 117 Å². The number of carbonyl (C=O) groups is 1. The molecule has 0 aliphatic heterocycles. The average Bonchev–Trinajstić information content (AvgIpc) is 2.88. The maximum absolute atomic E-state index is 12.4. The number of amides is 1. The van der Waals surface area contributed by atoms with Crippen LogP contribution in [0.2, 0.25) is 0 Å². The van der Waals surface area contributed by atoms with E-state index in [0.717, 1.165) is 12.0 Å². The van der Waals surface area contributed by atoms with Gasteiger partial charge in [0.2, 0.25) is 0 Å². The number of rotatable bonds is 4. The lowest BCUT2D eigenvalue weighted by molar-refractivity contribution is 0.0797. The minimum atomic E-state index is -0.00726. The van der Waals surface area contributed by atoms with Crippen LogP contribution in [0.1, 0.15) is 20.8 Å². The van der Waals surface area contributed by atoms with Crippen molar-refractivity contribution in [2.45, 2.75) is 13.3 Å². The number of carbonyl (C=O) groups excluding carboxylic acids is 1. The van der Waals surface area contributed by atoms with Crippen LogP contribution in [0.5, 0.6) is 0 Å². The summed E-state index contributed by atoms with van der Waals surface area (Å²) >= 11 is 1.72. The van der Waals surface area contributed by atoms with Crippen molar-refractivity contribution < 1.29 is 4.79 Å². The predicted molar refractivity (Wildman–Crippen MR) is 80.6 cm³/mol. The van der Waals surface area contributed by atoms with Gasteiger partial charge in [0.15, 0.2) is 0 Å². The molecule has 1 aromatic heterocycles. The largest absolute Gasteiger partial charge is 0.398 e. The minimum absolute atomic E-state index is 0.00726. The molecule has 3 nitrogen and oxygen atoms in total. The van der Waals surface area contributed by atoms with Crippen molar-refractivity contribution in [2.24, 2.45) is 0 Å². The molecule has 2 N–H and O–H groups in total. The Morgan fingerprint density at radius 2 is 2.11 bits per heavy atom. The minimum Gasteiger partial charge on any atom is -0.398 e. The van der Waals surface area contributed by atoms with Crippen molar-refractivity contribution in [3.05, 3.63) is 51.7 Å². The first kappa shape index (κ1) is 13.6. The zero-order valence-electron chi connectivity index (χ0n) is 11.2. The third-order valence-electron chi connectivity index (χ3n) is 3.14. The normalized spacial score (nSPS) is 10.4. The molecule has 100 valence electrons. The van der Waals surface area contributed by atoms with Crippen molar-refractivity contribution in [1.82, 2.24) is 4.90 Å². The quantitative estimate of drug-likeness (QED) is 0.871. The van der Waals surface area contributed by atoms with Crippen molar-refractivity contribution >= 4 is 22.9 Å². The molecule has 0 bridgehead atoms. The molecule has 0 saturated heterocycles. The second kappa shape index (κ2) is 5.89. The van der Waals surface area contributed by atoms with E-state index >= 15 is 0 Å². The summed E-state index contributed by atoms with van der Waals surface area (Å²) in [6.45, 7) is 2.61. The molecule has 0 spiro atoms.